The minimum Gasteiger partial charge on any atom is -0.491 e. The molecule has 2 amide bonds. The van der Waals surface area contributed by atoms with Crippen LogP contribution in [0.2, 0.25) is 5.02 Å². The lowest BCUT2D eigenvalue weighted by atomic mass is 9.92. The SMILES string of the molecule is CCOC(=O)NC[C@@H](O)COc1ccc([C@H]2c3[nH]c4ccc(Cl)cc4c3CCN2C(=O)Oc2ccc(F)cc2)cc1. The third-order valence-electron chi connectivity index (χ3n) is 6.74. The molecule has 9 nitrogen and oxygen atoms in total. The summed E-state index contributed by atoms with van der Waals surface area (Å²) in [6.45, 7) is 2.25. The number of halogens is 2. The maximum atomic E-state index is 13.4. The highest BCUT2D eigenvalue weighted by molar-refractivity contribution is 6.31. The standard InChI is InChI=1S/C30H29ClFN3O6/c1-2-39-29(37)33-16-21(36)17-40-22-8-3-18(4-9-22)28-27-24(25-15-19(31)5-12-26(25)34-27)13-14-35(28)30(38)41-23-10-6-20(32)7-11-23/h3-12,15,21,28,34,36H,2,13-14,16-17H2,1H3,(H,33,37)/t21-,28+/m1/s1. The second-order valence-electron chi connectivity index (χ2n) is 9.51. The smallest absolute Gasteiger partial charge is 0.416 e. The molecule has 0 aliphatic carbocycles. The van der Waals surface area contributed by atoms with Gasteiger partial charge in [-0.25, -0.2) is 14.0 Å². The van der Waals surface area contributed by atoms with E-state index in [1.165, 1.54) is 24.3 Å². The zero-order chi connectivity index (χ0) is 28.9. The number of rotatable bonds is 8. The van der Waals surface area contributed by atoms with Crippen molar-refractivity contribution in [2.24, 2.45) is 0 Å². The molecule has 0 unspecified atom stereocenters. The molecule has 11 heteroatoms. The summed E-state index contributed by atoms with van der Waals surface area (Å²) in [7, 11) is 0. The highest BCUT2D eigenvalue weighted by Crippen LogP contribution is 2.40. The van der Waals surface area contributed by atoms with Gasteiger partial charge in [-0.3, -0.25) is 4.90 Å². The van der Waals surface area contributed by atoms with Gasteiger partial charge in [-0.2, -0.15) is 0 Å². The first kappa shape index (κ1) is 28.3. The van der Waals surface area contributed by atoms with Crippen LogP contribution in [0.1, 0.15) is 29.8 Å². The van der Waals surface area contributed by atoms with Crippen molar-refractivity contribution in [3.8, 4) is 11.5 Å². The summed E-state index contributed by atoms with van der Waals surface area (Å²) in [6.07, 6.45) is -1.52. The van der Waals surface area contributed by atoms with Crippen LogP contribution in [0.25, 0.3) is 10.9 Å². The van der Waals surface area contributed by atoms with Crippen LogP contribution in [0.5, 0.6) is 11.5 Å². The van der Waals surface area contributed by atoms with Crippen LogP contribution >= 0.6 is 11.6 Å². The Bertz CT molecular complexity index is 1530. The van der Waals surface area contributed by atoms with Crippen LogP contribution in [0.3, 0.4) is 0 Å². The fourth-order valence-electron chi connectivity index (χ4n) is 4.85. The zero-order valence-electron chi connectivity index (χ0n) is 22.2. The van der Waals surface area contributed by atoms with Crippen LogP contribution in [-0.4, -0.2) is 59.6 Å². The highest BCUT2D eigenvalue weighted by atomic mass is 35.5. The average molecular weight is 582 g/mol. The summed E-state index contributed by atoms with van der Waals surface area (Å²) in [5.74, 6) is 0.320. The molecule has 1 aromatic heterocycles. The summed E-state index contributed by atoms with van der Waals surface area (Å²) in [6, 6.07) is 17.6. The molecule has 0 saturated heterocycles. The molecule has 0 saturated carbocycles. The van der Waals surface area contributed by atoms with Gasteiger partial charge in [0, 0.05) is 28.2 Å². The molecule has 0 fully saturated rings. The number of fused-ring (bicyclic) bond motifs is 3. The number of hydrogen-bond acceptors (Lipinski definition) is 6. The second kappa shape index (κ2) is 12.5. The first-order chi connectivity index (χ1) is 19.8. The fourth-order valence-corrected chi connectivity index (χ4v) is 5.02. The lowest BCUT2D eigenvalue weighted by Crippen LogP contribution is -2.42. The van der Waals surface area contributed by atoms with Gasteiger partial charge in [-0.05, 0) is 79.1 Å². The van der Waals surface area contributed by atoms with E-state index in [0.717, 1.165) is 27.7 Å². The van der Waals surface area contributed by atoms with Crippen molar-refractivity contribution in [1.82, 2.24) is 15.2 Å². The molecule has 4 aromatic rings. The van der Waals surface area contributed by atoms with Gasteiger partial charge in [-0.1, -0.05) is 23.7 Å². The molecule has 214 valence electrons. The molecule has 0 spiro atoms. The molecule has 41 heavy (non-hydrogen) atoms. The van der Waals surface area contributed by atoms with E-state index in [-0.39, 0.29) is 25.5 Å². The van der Waals surface area contributed by atoms with Crippen molar-refractivity contribution in [3.05, 3.63) is 94.4 Å². The molecule has 1 aliphatic rings. The van der Waals surface area contributed by atoms with Crippen LogP contribution in [0, 0.1) is 5.82 Å². The number of amides is 2. The minimum atomic E-state index is -0.935. The number of ether oxygens (including phenoxy) is 3. The minimum absolute atomic E-state index is 0.0166. The lowest BCUT2D eigenvalue weighted by molar-refractivity contribution is 0.0991. The summed E-state index contributed by atoms with van der Waals surface area (Å²) in [5.41, 5.74) is 3.62. The second-order valence-corrected chi connectivity index (χ2v) is 9.95. The number of benzene rings is 3. The lowest BCUT2D eigenvalue weighted by Gasteiger charge is -2.35. The molecule has 3 N–H and O–H groups in total. The van der Waals surface area contributed by atoms with E-state index in [1.54, 1.807) is 24.0 Å². The molecular formula is C30H29ClFN3O6. The number of hydrogen-bond donors (Lipinski definition) is 3. The average Bonchev–Trinajstić information content (AvgIpc) is 3.34. The molecule has 0 radical (unpaired) electrons. The molecule has 2 atom stereocenters. The highest BCUT2D eigenvalue weighted by Gasteiger charge is 2.35. The van der Waals surface area contributed by atoms with E-state index in [9.17, 15) is 19.1 Å². The first-order valence-corrected chi connectivity index (χ1v) is 13.6. The van der Waals surface area contributed by atoms with E-state index in [0.29, 0.717) is 23.7 Å². The van der Waals surface area contributed by atoms with Crippen molar-refractivity contribution >= 4 is 34.7 Å². The number of aromatic nitrogens is 1. The molecule has 3 aromatic carbocycles. The topological polar surface area (TPSA) is 113 Å². The van der Waals surface area contributed by atoms with Crippen LogP contribution in [0.4, 0.5) is 14.0 Å². The number of aliphatic hydroxyl groups excluding tert-OH is 1. The third-order valence-corrected chi connectivity index (χ3v) is 6.97. The summed E-state index contributed by atoms with van der Waals surface area (Å²) in [5, 5.41) is 14.2. The largest absolute Gasteiger partial charge is 0.491 e. The first-order valence-electron chi connectivity index (χ1n) is 13.2. The van der Waals surface area contributed by atoms with Gasteiger partial charge < -0.3 is 29.6 Å². The van der Waals surface area contributed by atoms with Crippen molar-refractivity contribution in [2.75, 3.05) is 26.3 Å². The number of alkyl carbamates (subject to hydrolysis) is 1. The molecule has 2 heterocycles. The number of H-pyrrole nitrogens is 1. The van der Waals surface area contributed by atoms with Crippen molar-refractivity contribution in [3.63, 3.8) is 0 Å². The van der Waals surface area contributed by atoms with E-state index < -0.39 is 30.1 Å². The monoisotopic (exact) mass is 581 g/mol. The van der Waals surface area contributed by atoms with E-state index in [1.807, 2.05) is 30.3 Å². The summed E-state index contributed by atoms with van der Waals surface area (Å²) >= 11 is 6.29. The van der Waals surface area contributed by atoms with Gasteiger partial charge in [0.25, 0.3) is 0 Å². The fraction of sp³-hybridized carbons (Fsp3) is 0.267. The predicted octanol–water partition coefficient (Wildman–Crippen LogP) is 5.59. The van der Waals surface area contributed by atoms with Gasteiger partial charge in [0.15, 0.2) is 0 Å². The number of nitrogens with zero attached hydrogens (tertiary/aromatic N) is 1. The van der Waals surface area contributed by atoms with Crippen molar-refractivity contribution in [2.45, 2.75) is 25.5 Å². The maximum absolute atomic E-state index is 13.4. The zero-order valence-corrected chi connectivity index (χ0v) is 23.0. The van der Waals surface area contributed by atoms with Crippen LogP contribution < -0.4 is 14.8 Å². The Morgan fingerprint density at radius 3 is 2.59 bits per heavy atom. The summed E-state index contributed by atoms with van der Waals surface area (Å²) in [4.78, 5) is 29.9. The predicted molar refractivity (Wildman–Crippen MR) is 151 cm³/mol. The molecule has 1 aliphatic heterocycles. The Hall–Kier alpha value is -4.28. The van der Waals surface area contributed by atoms with E-state index in [4.69, 9.17) is 25.8 Å². The normalized spacial score (nSPS) is 15.2. The van der Waals surface area contributed by atoms with Gasteiger partial charge in [0.05, 0.1) is 13.2 Å². The maximum Gasteiger partial charge on any atom is 0.416 e. The Morgan fingerprint density at radius 2 is 1.85 bits per heavy atom. The number of aromatic amines is 1. The Morgan fingerprint density at radius 1 is 1.12 bits per heavy atom. The Labute approximate surface area is 240 Å². The van der Waals surface area contributed by atoms with Crippen LogP contribution in [0.15, 0.2) is 66.7 Å². The Kier molecular flexibility index (Phi) is 8.61. The molecule has 5 rings (SSSR count). The number of carbonyl (C=O) groups excluding carboxylic acids is 2. The van der Waals surface area contributed by atoms with E-state index >= 15 is 0 Å². The summed E-state index contributed by atoms with van der Waals surface area (Å²) < 4.78 is 29.5. The van der Waals surface area contributed by atoms with Crippen molar-refractivity contribution < 1.29 is 33.3 Å². The number of carbonyl (C=O) groups is 2. The van der Waals surface area contributed by atoms with Gasteiger partial charge in [0.2, 0.25) is 0 Å². The molecule has 0 bridgehead atoms. The number of nitrogens with one attached hydrogen (secondary N) is 2. The van der Waals surface area contributed by atoms with E-state index in [2.05, 4.69) is 10.3 Å². The number of aliphatic hydroxyl groups is 1. The van der Waals surface area contributed by atoms with Crippen LogP contribution in [-0.2, 0) is 11.2 Å². The van der Waals surface area contributed by atoms with Gasteiger partial charge >= 0.3 is 12.2 Å². The van der Waals surface area contributed by atoms with Gasteiger partial charge in [-0.15, -0.1) is 0 Å². The quantitative estimate of drug-likeness (QED) is 0.250. The van der Waals surface area contributed by atoms with Crippen molar-refractivity contribution in [1.29, 1.82) is 0 Å². The Balaban J connectivity index is 1.37. The van der Waals surface area contributed by atoms with Gasteiger partial charge in [0.1, 0.15) is 36.1 Å². The molecular weight excluding hydrogens is 553 g/mol. The third kappa shape index (κ3) is 6.55.